The fourth-order valence-electron chi connectivity index (χ4n) is 3.41. The lowest BCUT2D eigenvalue weighted by atomic mass is 10.1. The lowest BCUT2D eigenvalue weighted by molar-refractivity contribution is 0.0951. The summed E-state index contributed by atoms with van der Waals surface area (Å²) in [4.78, 5) is 30.4. The van der Waals surface area contributed by atoms with Crippen molar-refractivity contribution in [3.8, 4) is 16.2 Å². The molecule has 0 aliphatic heterocycles. The van der Waals surface area contributed by atoms with E-state index in [-0.39, 0.29) is 11.7 Å². The number of aromatic nitrogens is 1. The van der Waals surface area contributed by atoms with Crippen LogP contribution in [0.1, 0.15) is 43.8 Å². The molecular weight excluding hydrogens is 551 g/mol. The summed E-state index contributed by atoms with van der Waals surface area (Å²) in [5.41, 5.74) is 5.30. The zero-order valence-electron chi connectivity index (χ0n) is 19.6. The van der Waals surface area contributed by atoms with Crippen LogP contribution >= 0.6 is 45.9 Å². The number of rotatable bonds is 9. The van der Waals surface area contributed by atoms with Crippen LogP contribution in [-0.2, 0) is 6.42 Å². The van der Waals surface area contributed by atoms with Gasteiger partial charge in [-0.15, -0.1) is 22.7 Å². The largest absolute Gasteiger partial charge is 0.506 e. The summed E-state index contributed by atoms with van der Waals surface area (Å²) in [6.45, 7) is 2.21. The van der Waals surface area contributed by atoms with Crippen molar-refractivity contribution >= 4 is 63.4 Å². The molecule has 0 atom stereocenters. The van der Waals surface area contributed by atoms with Crippen molar-refractivity contribution < 1.29 is 14.7 Å². The van der Waals surface area contributed by atoms with Gasteiger partial charge in [0.1, 0.15) is 5.75 Å². The summed E-state index contributed by atoms with van der Waals surface area (Å²) in [5, 5.41) is 20.3. The van der Waals surface area contributed by atoms with E-state index in [9.17, 15) is 14.7 Å². The van der Waals surface area contributed by atoms with E-state index in [0.29, 0.717) is 42.5 Å². The van der Waals surface area contributed by atoms with E-state index < -0.39 is 5.91 Å². The first-order valence-corrected chi connectivity index (χ1v) is 13.7. The Balaban J connectivity index is 1.32. The highest BCUT2D eigenvalue weighted by Gasteiger charge is 2.17. The van der Waals surface area contributed by atoms with Crippen LogP contribution < -0.4 is 10.7 Å². The molecule has 37 heavy (non-hydrogen) atoms. The molecule has 0 aliphatic carbocycles. The average Bonchev–Trinajstić information content (AvgIpc) is 3.55. The Hall–Kier alpha value is -3.24. The van der Waals surface area contributed by atoms with Gasteiger partial charge >= 0.3 is 0 Å². The molecule has 0 unspecified atom stereocenters. The van der Waals surface area contributed by atoms with Crippen LogP contribution in [0.5, 0.6) is 5.75 Å². The molecule has 3 aromatic heterocycles. The molecule has 0 aliphatic rings. The third kappa shape index (κ3) is 6.75. The van der Waals surface area contributed by atoms with E-state index >= 15 is 0 Å². The van der Waals surface area contributed by atoms with Gasteiger partial charge in [0.05, 0.1) is 36.0 Å². The van der Waals surface area contributed by atoms with Crippen LogP contribution in [0.3, 0.4) is 0 Å². The first kappa shape index (κ1) is 26.8. The molecule has 0 spiro atoms. The number of hydrogen-bond acceptors (Lipinski definition) is 7. The van der Waals surface area contributed by atoms with Crippen LogP contribution in [0, 0.1) is 0 Å². The first-order valence-electron chi connectivity index (χ1n) is 11.2. The van der Waals surface area contributed by atoms with Crippen molar-refractivity contribution in [2.24, 2.45) is 5.10 Å². The van der Waals surface area contributed by atoms with Crippen molar-refractivity contribution in [1.29, 1.82) is 0 Å². The highest BCUT2D eigenvalue weighted by atomic mass is 35.5. The predicted molar refractivity (Wildman–Crippen MR) is 150 cm³/mol. The molecule has 4 rings (SSSR count). The second-order valence-electron chi connectivity index (χ2n) is 7.97. The fraction of sp³-hybridized carbons (Fsp3) is 0.154. The molecule has 4 aromatic rings. The molecule has 7 nitrogen and oxygen atoms in total. The Kier molecular flexibility index (Phi) is 8.94. The molecule has 2 amide bonds. The molecule has 3 N–H and O–H groups in total. The van der Waals surface area contributed by atoms with Crippen LogP contribution in [-0.4, -0.2) is 34.2 Å². The lowest BCUT2D eigenvalue weighted by Crippen LogP contribution is -2.24. The van der Waals surface area contributed by atoms with Crippen LogP contribution in [0.2, 0.25) is 10.0 Å². The highest BCUT2D eigenvalue weighted by Crippen LogP contribution is 2.40. The number of hydrogen-bond donors (Lipinski definition) is 3. The summed E-state index contributed by atoms with van der Waals surface area (Å²) in [6.07, 6.45) is 5.13. The van der Waals surface area contributed by atoms with E-state index in [2.05, 4.69) is 20.8 Å². The molecule has 1 aromatic carbocycles. The normalized spacial score (nSPS) is 11.4. The first-order chi connectivity index (χ1) is 17.8. The second kappa shape index (κ2) is 12.3. The van der Waals surface area contributed by atoms with Gasteiger partial charge in [0.25, 0.3) is 11.8 Å². The molecule has 11 heteroatoms. The topological polar surface area (TPSA) is 104 Å². The number of aromatic hydroxyl groups is 1. The second-order valence-corrected chi connectivity index (χ2v) is 10.8. The number of carbonyl (C=O) groups is 2. The zero-order valence-corrected chi connectivity index (χ0v) is 22.8. The van der Waals surface area contributed by atoms with Gasteiger partial charge in [-0.1, -0.05) is 29.3 Å². The molecule has 0 saturated carbocycles. The molecular formula is C26H22Cl2N4O3S2. The van der Waals surface area contributed by atoms with Crippen LogP contribution in [0.25, 0.3) is 10.4 Å². The molecule has 0 saturated heterocycles. The van der Waals surface area contributed by atoms with Crippen LogP contribution in [0.4, 0.5) is 0 Å². The van der Waals surface area contributed by atoms with Gasteiger partial charge in [0.2, 0.25) is 0 Å². The van der Waals surface area contributed by atoms with Gasteiger partial charge in [-0.3, -0.25) is 14.6 Å². The van der Waals surface area contributed by atoms with E-state index in [1.807, 2.05) is 12.1 Å². The maximum absolute atomic E-state index is 12.6. The maximum Gasteiger partial charge on any atom is 0.281 e. The van der Waals surface area contributed by atoms with Gasteiger partial charge in [0.15, 0.2) is 0 Å². The standard InChI is InChI=1S/C26H22Cl2N4O3S2/c1-15(18-14-36-24(23(18)33)17-4-5-19(27)20(28)13-17)31-32-26(35)22-7-6-21(37-22)25(34)30-10-2-3-16-8-11-29-12-9-16/h4-9,11-14,33H,2-3,10H2,1H3,(H,30,34)(H,32,35)/b31-15+. The number of nitrogens with zero attached hydrogens (tertiary/aromatic N) is 2. The number of pyridine rings is 1. The number of amides is 2. The van der Waals surface area contributed by atoms with E-state index in [1.54, 1.807) is 55.0 Å². The molecule has 0 fully saturated rings. The van der Waals surface area contributed by atoms with Gasteiger partial charge in [-0.25, -0.2) is 5.43 Å². The fourth-order valence-corrected chi connectivity index (χ4v) is 5.53. The molecule has 0 bridgehead atoms. The van der Waals surface area contributed by atoms with Crippen molar-refractivity contribution in [2.45, 2.75) is 19.8 Å². The van der Waals surface area contributed by atoms with Crippen molar-refractivity contribution in [1.82, 2.24) is 15.7 Å². The van der Waals surface area contributed by atoms with Gasteiger partial charge < -0.3 is 10.4 Å². The van der Waals surface area contributed by atoms with E-state index in [4.69, 9.17) is 23.2 Å². The number of benzene rings is 1. The van der Waals surface area contributed by atoms with Crippen molar-refractivity contribution in [3.63, 3.8) is 0 Å². The summed E-state index contributed by atoms with van der Waals surface area (Å²) in [7, 11) is 0. The Labute approximate surface area is 231 Å². The van der Waals surface area contributed by atoms with Gasteiger partial charge in [-0.05, 0) is 67.3 Å². The SMILES string of the molecule is C/C(=N\NC(=O)c1ccc(C(=O)NCCCc2ccncc2)s1)c1csc(-c2ccc(Cl)c(Cl)c2)c1O. The van der Waals surface area contributed by atoms with Gasteiger partial charge in [-0.2, -0.15) is 5.10 Å². The number of thiophene rings is 2. The Morgan fingerprint density at radius 1 is 1.03 bits per heavy atom. The molecule has 3 heterocycles. The Bertz CT molecular complexity index is 1450. The summed E-state index contributed by atoms with van der Waals surface area (Å²) in [5.74, 6) is -0.630. The van der Waals surface area contributed by atoms with E-state index in [0.717, 1.165) is 35.3 Å². The third-order valence-electron chi connectivity index (χ3n) is 5.39. The van der Waals surface area contributed by atoms with Crippen molar-refractivity contribution in [2.75, 3.05) is 6.54 Å². The predicted octanol–water partition coefficient (Wildman–Crippen LogP) is 6.40. The lowest BCUT2D eigenvalue weighted by Gasteiger charge is -2.04. The summed E-state index contributed by atoms with van der Waals surface area (Å²) >= 11 is 14.5. The van der Waals surface area contributed by atoms with Crippen LogP contribution in [0.15, 0.2) is 65.3 Å². The molecule has 190 valence electrons. The minimum Gasteiger partial charge on any atom is -0.506 e. The van der Waals surface area contributed by atoms with E-state index in [1.165, 1.54) is 11.3 Å². The minimum absolute atomic E-state index is 0.0397. The maximum atomic E-state index is 12.6. The summed E-state index contributed by atoms with van der Waals surface area (Å²) < 4.78 is 0. The average molecular weight is 574 g/mol. The quantitative estimate of drug-likeness (QED) is 0.122. The number of aryl methyl sites for hydroxylation is 1. The number of nitrogens with one attached hydrogen (secondary N) is 2. The number of halogens is 2. The number of carbonyl (C=O) groups excluding carboxylic acids is 2. The monoisotopic (exact) mass is 572 g/mol. The third-order valence-corrected chi connectivity index (χ3v) is 8.23. The van der Waals surface area contributed by atoms with Crippen molar-refractivity contribution in [3.05, 3.63) is 91.2 Å². The zero-order chi connectivity index (χ0) is 26.4. The smallest absolute Gasteiger partial charge is 0.281 e. The minimum atomic E-state index is -0.444. The number of hydrazone groups is 1. The highest BCUT2D eigenvalue weighted by molar-refractivity contribution is 7.16. The Morgan fingerprint density at radius 2 is 1.76 bits per heavy atom. The Morgan fingerprint density at radius 3 is 2.49 bits per heavy atom. The van der Waals surface area contributed by atoms with Gasteiger partial charge in [0, 0.05) is 24.3 Å². The molecule has 0 radical (unpaired) electrons. The summed E-state index contributed by atoms with van der Waals surface area (Å²) in [6, 6.07) is 12.2.